The van der Waals surface area contributed by atoms with E-state index >= 15 is 0 Å². The second kappa shape index (κ2) is 7.89. The monoisotopic (exact) mass is 266 g/mol. The third-order valence-electron chi connectivity index (χ3n) is 4.13. The fourth-order valence-corrected chi connectivity index (χ4v) is 2.74. The van der Waals surface area contributed by atoms with Crippen LogP contribution in [0.5, 0.6) is 0 Å². The molecular formula is C20H26. The van der Waals surface area contributed by atoms with E-state index in [9.17, 15) is 0 Å². The molecular weight excluding hydrogens is 240 g/mol. The van der Waals surface area contributed by atoms with Crippen molar-refractivity contribution in [2.45, 2.75) is 46.0 Å². The van der Waals surface area contributed by atoms with Crippen molar-refractivity contribution >= 4 is 0 Å². The van der Waals surface area contributed by atoms with Crippen LogP contribution in [0.1, 0.15) is 45.1 Å². The fourth-order valence-electron chi connectivity index (χ4n) is 2.74. The zero-order valence-corrected chi connectivity index (χ0v) is 12.8. The molecule has 0 saturated heterocycles. The topological polar surface area (TPSA) is 0 Å². The lowest BCUT2D eigenvalue weighted by Gasteiger charge is -2.14. The summed E-state index contributed by atoms with van der Waals surface area (Å²) in [5.74, 6) is 0.845. The SMILES string of the molecule is CCCCC(CC)Cc1ccc(-c2ccccc2)cc1. The van der Waals surface area contributed by atoms with Crippen molar-refractivity contribution in [2.75, 3.05) is 0 Å². The summed E-state index contributed by atoms with van der Waals surface area (Å²) >= 11 is 0. The van der Waals surface area contributed by atoms with E-state index in [1.54, 1.807) is 0 Å². The molecule has 0 aliphatic rings. The zero-order chi connectivity index (χ0) is 14.2. The minimum absolute atomic E-state index is 0.845. The minimum Gasteiger partial charge on any atom is -0.0654 e. The van der Waals surface area contributed by atoms with Crippen LogP contribution >= 0.6 is 0 Å². The van der Waals surface area contributed by atoms with Crippen LogP contribution in [-0.4, -0.2) is 0 Å². The van der Waals surface area contributed by atoms with E-state index in [0.717, 1.165) is 5.92 Å². The first kappa shape index (κ1) is 14.8. The van der Waals surface area contributed by atoms with Crippen molar-refractivity contribution < 1.29 is 0 Å². The molecule has 0 spiro atoms. The number of rotatable bonds is 7. The Morgan fingerprint density at radius 1 is 0.800 bits per heavy atom. The lowest BCUT2D eigenvalue weighted by molar-refractivity contribution is 0.449. The van der Waals surface area contributed by atoms with Crippen LogP contribution in [0.4, 0.5) is 0 Å². The van der Waals surface area contributed by atoms with Crippen LogP contribution < -0.4 is 0 Å². The maximum atomic E-state index is 2.32. The molecule has 2 aromatic carbocycles. The summed E-state index contributed by atoms with van der Waals surface area (Å²) in [5.41, 5.74) is 4.10. The maximum Gasteiger partial charge on any atom is -0.0184 e. The molecule has 0 aliphatic carbocycles. The Hall–Kier alpha value is -1.56. The molecule has 0 nitrogen and oxygen atoms in total. The Labute approximate surface area is 123 Å². The molecule has 0 saturated carbocycles. The number of hydrogen-bond donors (Lipinski definition) is 0. The molecule has 0 fully saturated rings. The van der Waals surface area contributed by atoms with Crippen molar-refractivity contribution in [1.29, 1.82) is 0 Å². The summed E-state index contributed by atoms with van der Waals surface area (Å²) in [7, 11) is 0. The summed E-state index contributed by atoms with van der Waals surface area (Å²) in [6.45, 7) is 4.60. The van der Waals surface area contributed by atoms with E-state index in [2.05, 4.69) is 68.4 Å². The maximum absolute atomic E-state index is 2.32. The predicted octanol–water partition coefficient (Wildman–Crippen LogP) is 6.11. The Bertz CT molecular complexity index is 481. The fraction of sp³-hybridized carbons (Fsp3) is 0.400. The largest absolute Gasteiger partial charge is 0.0654 e. The summed E-state index contributed by atoms with van der Waals surface area (Å²) in [6, 6.07) is 19.7. The Balaban J connectivity index is 2.01. The average Bonchev–Trinajstić information content (AvgIpc) is 2.53. The standard InChI is InChI=1S/C20H26/c1-3-5-9-17(4-2)16-18-12-14-20(15-13-18)19-10-7-6-8-11-19/h6-8,10-15,17H,3-5,9,16H2,1-2H3. The molecule has 0 N–H and O–H groups in total. The second-order valence-electron chi connectivity index (χ2n) is 5.68. The first-order chi connectivity index (χ1) is 9.83. The van der Waals surface area contributed by atoms with Crippen LogP contribution in [0.15, 0.2) is 54.6 Å². The molecule has 2 aromatic rings. The van der Waals surface area contributed by atoms with Gasteiger partial charge in [-0.1, -0.05) is 94.1 Å². The summed E-state index contributed by atoms with van der Waals surface area (Å²) in [4.78, 5) is 0. The van der Waals surface area contributed by atoms with Gasteiger partial charge in [0.2, 0.25) is 0 Å². The van der Waals surface area contributed by atoms with Crippen LogP contribution in [0.2, 0.25) is 0 Å². The van der Waals surface area contributed by atoms with Crippen molar-refractivity contribution in [2.24, 2.45) is 5.92 Å². The van der Waals surface area contributed by atoms with Gasteiger partial charge in [-0.15, -0.1) is 0 Å². The van der Waals surface area contributed by atoms with Crippen LogP contribution in [0.3, 0.4) is 0 Å². The molecule has 0 amide bonds. The van der Waals surface area contributed by atoms with E-state index in [0.29, 0.717) is 0 Å². The van der Waals surface area contributed by atoms with Gasteiger partial charge in [0.1, 0.15) is 0 Å². The van der Waals surface area contributed by atoms with Crippen LogP contribution in [0, 0.1) is 5.92 Å². The highest BCUT2D eigenvalue weighted by molar-refractivity contribution is 5.63. The molecule has 0 aromatic heterocycles. The van der Waals surface area contributed by atoms with Crippen LogP contribution in [-0.2, 0) is 6.42 Å². The van der Waals surface area contributed by atoms with Crippen molar-refractivity contribution in [3.05, 3.63) is 60.2 Å². The molecule has 0 aliphatic heterocycles. The Kier molecular flexibility index (Phi) is 5.86. The molecule has 20 heavy (non-hydrogen) atoms. The highest BCUT2D eigenvalue weighted by Gasteiger charge is 2.07. The lowest BCUT2D eigenvalue weighted by atomic mass is 9.91. The van der Waals surface area contributed by atoms with Crippen molar-refractivity contribution in [1.82, 2.24) is 0 Å². The number of unbranched alkanes of at least 4 members (excludes halogenated alkanes) is 1. The van der Waals surface area contributed by atoms with Gasteiger partial charge < -0.3 is 0 Å². The minimum atomic E-state index is 0.845. The van der Waals surface area contributed by atoms with Gasteiger partial charge in [0, 0.05) is 0 Å². The smallest absolute Gasteiger partial charge is 0.0184 e. The van der Waals surface area contributed by atoms with Gasteiger partial charge in [-0.2, -0.15) is 0 Å². The van der Waals surface area contributed by atoms with E-state index in [1.165, 1.54) is 48.8 Å². The Morgan fingerprint density at radius 2 is 1.45 bits per heavy atom. The van der Waals surface area contributed by atoms with Gasteiger partial charge in [0.15, 0.2) is 0 Å². The first-order valence-corrected chi connectivity index (χ1v) is 7.97. The molecule has 0 heterocycles. The highest BCUT2D eigenvalue weighted by atomic mass is 14.1. The molecule has 2 rings (SSSR count). The predicted molar refractivity (Wildman–Crippen MR) is 88.9 cm³/mol. The molecule has 0 radical (unpaired) electrons. The van der Waals surface area contributed by atoms with Gasteiger partial charge >= 0.3 is 0 Å². The van der Waals surface area contributed by atoms with Gasteiger partial charge in [-0.25, -0.2) is 0 Å². The molecule has 1 atom stereocenters. The molecule has 106 valence electrons. The average molecular weight is 266 g/mol. The van der Waals surface area contributed by atoms with Crippen LogP contribution in [0.25, 0.3) is 11.1 Å². The lowest BCUT2D eigenvalue weighted by Crippen LogP contribution is -2.03. The Morgan fingerprint density at radius 3 is 2.05 bits per heavy atom. The number of hydrogen-bond acceptors (Lipinski definition) is 0. The first-order valence-electron chi connectivity index (χ1n) is 7.97. The quantitative estimate of drug-likeness (QED) is 0.567. The number of benzene rings is 2. The summed E-state index contributed by atoms with van der Waals surface area (Å²) in [5, 5.41) is 0. The summed E-state index contributed by atoms with van der Waals surface area (Å²) < 4.78 is 0. The summed E-state index contributed by atoms with van der Waals surface area (Å²) in [6.07, 6.45) is 6.56. The third-order valence-corrected chi connectivity index (χ3v) is 4.13. The van der Waals surface area contributed by atoms with Crippen molar-refractivity contribution in [3.63, 3.8) is 0 Å². The van der Waals surface area contributed by atoms with Gasteiger partial charge in [0.05, 0.1) is 0 Å². The van der Waals surface area contributed by atoms with Crippen molar-refractivity contribution in [3.8, 4) is 11.1 Å². The van der Waals surface area contributed by atoms with Gasteiger partial charge in [-0.3, -0.25) is 0 Å². The van der Waals surface area contributed by atoms with E-state index in [4.69, 9.17) is 0 Å². The van der Waals surface area contributed by atoms with Gasteiger partial charge in [0.25, 0.3) is 0 Å². The third kappa shape index (κ3) is 4.23. The molecule has 0 bridgehead atoms. The van der Waals surface area contributed by atoms with E-state index < -0.39 is 0 Å². The van der Waals surface area contributed by atoms with E-state index in [-0.39, 0.29) is 0 Å². The molecule has 0 heteroatoms. The van der Waals surface area contributed by atoms with E-state index in [1.807, 2.05) is 0 Å². The normalized spacial score (nSPS) is 12.3. The molecule has 1 unspecified atom stereocenters. The zero-order valence-electron chi connectivity index (χ0n) is 12.8. The second-order valence-corrected chi connectivity index (χ2v) is 5.68. The van der Waals surface area contributed by atoms with Gasteiger partial charge in [-0.05, 0) is 29.0 Å². The highest BCUT2D eigenvalue weighted by Crippen LogP contribution is 2.22.